The van der Waals surface area contributed by atoms with E-state index in [9.17, 15) is 4.79 Å². The molecule has 0 bridgehead atoms. The maximum Gasteiger partial charge on any atom is 0.271 e. The van der Waals surface area contributed by atoms with Crippen LogP contribution in [0.15, 0.2) is 84.5 Å². The van der Waals surface area contributed by atoms with Crippen LogP contribution in [0.25, 0.3) is 0 Å². The minimum absolute atomic E-state index is 0.257. The molecular weight excluding hydrogens is 426 g/mol. The standard InChI is InChI=1S/C28H29N3O3/c1-3-16-34-26-13-10-22(17-27(26)33-2)18-29-30-28(32)24-11-8-21(9-12-24)19-31-15-14-23-6-4-5-7-25(23)20-31/h3-13,17-18H,1,14-16,19-20H2,2H3,(H,30,32)/b29-18-. The molecule has 4 rings (SSSR count). The van der Waals surface area contributed by atoms with Crippen molar-refractivity contribution in [3.8, 4) is 11.5 Å². The average molecular weight is 456 g/mol. The summed E-state index contributed by atoms with van der Waals surface area (Å²) in [5.74, 6) is 0.954. The van der Waals surface area contributed by atoms with Crippen molar-refractivity contribution in [1.82, 2.24) is 10.3 Å². The fraction of sp³-hybridized carbons (Fsp3) is 0.214. The van der Waals surface area contributed by atoms with Gasteiger partial charge in [0.1, 0.15) is 6.61 Å². The van der Waals surface area contributed by atoms with E-state index in [0.29, 0.717) is 23.7 Å². The Morgan fingerprint density at radius 2 is 1.88 bits per heavy atom. The highest BCUT2D eigenvalue weighted by molar-refractivity contribution is 5.95. The number of nitrogens with one attached hydrogen (secondary N) is 1. The highest BCUT2D eigenvalue weighted by Crippen LogP contribution is 2.27. The number of hydrogen-bond acceptors (Lipinski definition) is 5. The maximum absolute atomic E-state index is 12.5. The normalized spacial score (nSPS) is 13.3. The summed E-state index contributed by atoms with van der Waals surface area (Å²) in [7, 11) is 1.58. The summed E-state index contributed by atoms with van der Waals surface area (Å²) in [6, 6.07) is 21.7. The first-order valence-electron chi connectivity index (χ1n) is 11.3. The van der Waals surface area contributed by atoms with Crippen molar-refractivity contribution in [2.75, 3.05) is 20.3 Å². The first-order chi connectivity index (χ1) is 16.7. The molecule has 6 heteroatoms. The molecule has 174 valence electrons. The number of benzene rings is 3. The summed E-state index contributed by atoms with van der Waals surface area (Å²) in [4.78, 5) is 14.9. The molecule has 1 amide bonds. The van der Waals surface area contributed by atoms with Crippen LogP contribution in [0.5, 0.6) is 11.5 Å². The number of fused-ring (bicyclic) bond motifs is 1. The first-order valence-corrected chi connectivity index (χ1v) is 11.3. The second kappa shape index (κ2) is 11.3. The zero-order chi connectivity index (χ0) is 23.8. The van der Waals surface area contributed by atoms with E-state index in [1.165, 1.54) is 16.7 Å². The molecule has 0 unspecified atom stereocenters. The quantitative estimate of drug-likeness (QED) is 0.291. The van der Waals surface area contributed by atoms with Gasteiger partial charge in [-0.1, -0.05) is 49.1 Å². The van der Waals surface area contributed by atoms with Crippen molar-refractivity contribution < 1.29 is 14.3 Å². The molecule has 0 aliphatic carbocycles. The number of hydrogen-bond donors (Lipinski definition) is 1. The van der Waals surface area contributed by atoms with Crippen LogP contribution in [0.1, 0.15) is 32.6 Å². The summed E-state index contributed by atoms with van der Waals surface area (Å²) in [6.45, 7) is 6.90. The predicted molar refractivity (Wildman–Crippen MR) is 134 cm³/mol. The number of rotatable bonds is 9. The minimum Gasteiger partial charge on any atom is -0.493 e. The van der Waals surface area contributed by atoms with Gasteiger partial charge in [-0.15, -0.1) is 0 Å². The molecule has 0 fully saturated rings. The van der Waals surface area contributed by atoms with Crippen molar-refractivity contribution in [1.29, 1.82) is 0 Å². The van der Waals surface area contributed by atoms with Crippen molar-refractivity contribution in [3.63, 3.8) is 0 Å². The third-order valence-corrected chi connectivity index (χ3v) is 5.76. The minimum atomic E-state index is -0.257. The van der Waals surface area contributed by atoms with Gasteiger partial charge in [-0.25, -0.2) is 5.43 Å². The van der Waals surface area contributed by atoms with Gasteiger partial charge < -0.3 is 9.47 Å². The van der Waals surface area contributed by atoms with Gasteiger partial charge in [0, 0.05) is 25.2 Å². The van der Waals surface area contributed by atoms with Crippen molar-refractivity contribution in [3.05, 3.63) is 107 Å². The summed E-state index contributed by atoms with van der Waals surface area (Å²) in [5.41, 5.74) is 7.96. The van der Waals surface area contributed by atoms with Crippen molar-refractivity contribution >= 4 is 12.1 Å². The summed E-state index contributed by atoms with van der Waals surface area (Å²) in [6.07, 6.45) is 4.31. The third-order valence-electron chi connectivity index (χ3n) is 5.76. The van der Waals surface area contributed by atoms with Crippen LogP contribution >= 0.6 is 0 Å². The van der Waals surface area contributed by atoms with E-state index in [2.05, 4.69) is 46.3 Å². The molecule has 0 aromatic heterocycles. The number of methoxy groups -OCH3 is 1. The molecule has 3 aromatic carbocycles. The van der Waals surface area contributed by atoms with Gasteiger partial charge in [0.15, 0.2) is 11.5 Å². The topological polar surface area (TPSA) is 63.2 Å². The fourth-order valence-corrected chi connectivity index (χ4v) is 3.97. The Morgan fingerprint density at radius 3 is 2.65 bits per heavy atom. The van der Waals surface area contributed by atoms with Gasteiger partial charge in [0.2, 0.25) is 0 Å². The van der Waals surface area contributed by atoms with Crippen LogP contribution in [0.4, 0.5) is 0 Å². The van der Waals surface area contributed by atoms with Gasteiger partial charge >= 0.3 is 0 Å². The molecule has 0 spiro atoms. The van der Waals surface area contributed by atoms with Crippen LogP contribution < -0.4 is 14.9 Å². The monoisotopic (exact) mass is 455 g/mol. The number of hydrazone groups is 1. The Balaban J connectivity index is 1.31. The van der Waals surface area contributed by atoms with Gasteiger partial charge in [-0.05, 0) is 59.0 Å². The molecule has 0 radical (unpaired) electrons. The molecular formula is C28H29N3O3. The van der Waals surface area contributed by atoms with E-state index in [1.807, 2.05) is 30.3 Å². The fourth-order valence-electron chi connectivity index (χ4n) is 3.97. The lowest BCUT2D eigenvalue weighted by atomic mass is 9.99. The first kappa shape index (κ1) is 23.3. The van der Waals surface area contributed by atoms with E-state index in [0.717, 1.165) is 31.6 Å². The highest BCUT2D eigenvalue weighted by atomic mass is 16.5. The molecule has 0 saturated carbocycles. The van der Waals surface area contributed by atoms with E-state index in [-0.39, 0.29) is 5.91 Å². The molecule has 1 aliphatic rings. The molecule has 1 heterocycles. The summed E-state index contributed by atoms with van der Waals surface area (Å²) < 4.78 is 10.9. The zero-order valence-electron chi connectivity index (χ0n) is 19.4. The second-order valence-electron chi connectivity index (χ2n) is 8.14. The molecule has 1 aliphatic heterocycles. The Morgan fingerprint density at radius 1 is 1.09 bits per heavy atom. The van der Waals surface area contributed by atoms with E-state index in [4.69, 9.17) is 9.47 Å². The smallest absolute Gasteiger partial charge is 0.271 e. The van der Waals surface area contributed by atoms with Crippen LogP contribution in [0, 0.1) is 0 Å². The summed E-state index contributed by atoms with van der Waals surface area (Å²) in [5, 5.41) is 4.08. The lowest BCUT2D eigenvalue weighted by Crippen LogP contribution is -2.30. The van der Waals surface area contributed by atoms with Crippen LogP contribution in [-0.4, -0.2) is 37.3 Å². The van der Waals surface area contributed by atoms with Crippen LogP contribution in [-0.2, 0) is 19.5 Å². The van der Waals surface area contributed by atoms with Crippen LogP contribution in [0.3, 0.4) is 0 Å². The maximum atomic E-state index is 12.5. The van der Waals surface area contributed by atoms with Gasteiger partial charge in [-0.2, -0.15) is 5.10 Å². The number of nitrogens with zero attached hydrogens (tertiary/aromatic N) is 2. The lowest BCUT2D eigenvalue weighted by Gasteiger charge is -2.28. The molecule has 34 heavy (non-hydrogen) atoms. The van der Waals surface area contributed by atoms with E-state index in [1.54, 1.807) is 31.5 Å². The second-order valence-corrected chi connectivity index (χ2v) is 8.14. The Hall–Kier alpha value is -3.90. The number of carbonyl (C=O) groups excluding carboxylic acids is 1. The van der Waals surface area contributed by atoms with E-state index < -0.39 is 0 Å². The SMILES string of the molecule is C=CCOc1ccc(/C=N\NC(=O)c2ccc(CN3CCc4ccccc4C3)cc2)cc1OC. The number of carbonyl (C=O) groups is 1. The number of ether oxygens (including phenoxy) is 2. The van der Waals surface area contributed by atoms with Gasteiger partial charge in [-0.3, -0.25) is 9.69 Å². The summed E-state index contributed by atoms with van der Waals surface area (Å²) >= 11 is 0. The predicted octanol–water partition coefficient (Wildman–Crippen LogP) is 4.58. The van der Waals surface area contributed by atoms with E-state index >= 15 is 0 Å². The lowest BCUT2D eigenvalue weighted by molar-refractivity contribution is 0.0955. The Bertz CT molecular complexity index is 1170. The van der Waals surface area contributed by atoms with Crippen molar-refractivity contribution in [2.24, 2.45) is 5.10 Å². The zero-order valence-corrected chi connectivity index (χ0v) is 19.4. The molecule has 0 saturated heterocycles. The molecule has 6 nitrogen and oxygen atoms in total. The average Bonchev–Trinajstić information content (AvgIpc) is 2.88. The van der Waals surface area contributed by atoms with Gasteiger partial charge in [0.05, 0.1) is 13.3 Å². The Labute approximate surface area is 200 Å². The molecule has 1 N–H and O–H groups in total. The van der Waals surface area contributed by atoms with Crippen LogP contribution in [0.2, 0.25) is 0 Å². The number of amides is 1. The molecule has 3 aromatic rings. The van der Waals surface area contributed by atoms with Crippen molar-refractivity contribution in [2.45, 2.75) is 19.5 Å². The highest BCUT2D eigenvalue weighted by Gasteiger charge is 2.16. The Kier molecular flexibility index (Phi) is 7.73. The van der Waals surface area contributed by atoms with Gasteiger partial charge in [0.25, 0.3) is 5.91 Å². The third kappa shape index (κ3) is 5.91. The molecule has 0 atom stereocenters. The largest absolute Gasteiger partial charge is 0.493 e.